The summed E-state index contributed by atoms with van der Waals surface area (Å²) in [6.07, 6.45) is 0.795. The van der Waals surface area contributed by atoms with Gasteiger partial charge in [-0.1, -0.05) is 0 Å². The minimum Gasteiger partial charge on any atom is -0.481 e. The molecule has 0 rings (SSSR count). The molecule has 0 heterocycles. The van der Waals surface area contributed by atoms with Gasteiger partial charge in [0.1, 0.15) is 6.04 Å². The van der Waals surface area contributed by atoms with Crippen LogP contribution in [-0.2, 0) is 14.4 Å². The van der Waals surface area contributed by atoms with Crippen LogP contribution in [0, 0.1) is 0 Å². The number of nitrogens with two attached hydrogens (primary N) is 3. The van der Waals surface area contributed by atoms with Crippen LogP contribution in [0.15, 0.2) is 4.99 Å². The second-order valence-electron chi connectivity index (χ2n) is 4.16. The number of amides is 1. The maximum atomic E-state index is 11.4. The highest BCUT2D eigenvalue weighted by Gasteiger charge is 2.21. The summed E-state index contributed by atoms with van der Waals surface area (Å²) in [5, 5.41) is 26.9. The monoisotopic (exact) mass is 321 g/mol. The number of rotatable bonds is 8. The lowest BCUT2D eigenvalue weighted by Gasteiger charge is -2.15. The SMILES string of the molecule is CC(=O)O.NC(N)=NCCC[C@H](N)C(=O)N[C@@H](CO)C(=O)O. The Morgan fingerprint density at radius 2 is 1.73 bits per heavy atom. The lowest BCUT2D eigenvalue weighted by Crippen LogP contribution is -2.50. The molecule has 11 heteroatoms. The van der Waals surface area contributed by atoms with Crippen LogP contribution >= 0.6 is 0 Å². The van der Waals surface area contributed by atoms with Crippen LogP contribution in [0.2, 0.25) is 0 Å². The maximum absolute atomic E-state index is 11.4. The molecule has 0 unspecified atom stereocenters. The molecule has 0 saturated carbocycles. The van der Waals surface area contributed by atoms with Gasteiger partial charge >= 0.3 is 5.97 Å². The number of aliphatic hydroxyl groups is 1. The van der Waals surface area contributed by atoms with Crippen LogP contribution in [-0.4, -0.2) is 64.4 Å². The van der Waals surface area contributed by atoms with Gasteiger partial charge in [0.15, 0.2) is 5.96 Å². The molecule has 0 aliphatic heterocycles. The molecule has 0 aromatic rings. The Hall–Kier alpha value is -2.40. The Balaban J connectivity index is 0. The lowest BCUT2D eigenvalue weighted by molar-refractivity contribution is -0.143. The third-order valence-electron chi connectivity index (χ3n) is 2.10. The number of hydrogen-bond donors (Lipinski definition) is 7. The van der Waals surface area contributed by atoms with Crippen molar-refractivity contribution in [3.05, 3.63) is 0 Å². The molecule has 10 N–H and O–H groups in total. The number of aliphatic carboxylic acids is 2. The van der Waals surface area contributed by atoms with Gasteiger partial charge in [0, 0.05) is 13.5 Å². The van der Waals surface area contributed by atoms with E-state index in [1.54, 1.807) is 0 Å². The molecule has 0 aliphatic rings. The molecule has 0 aromatic carbocycles. The molecule has 0 radical (unpaired) electrons. The number of hydrogen-bond acceptors (Lipinski definition) is 6. The summed E-state index contributed by atoms with van der Waals surface area (Å²) >= 11 is 0. The molecule has 22 heavy (non-hydrogen) atoms. The quantitative estimate of drug-likeness (QED) is 0.138. The number of guanidine groups is 1. The molecule has 0 aliphatic carbocycles. The van der Waals surface area contributed by atoms with E-state index in [4.69, 9.17) is 37.3 Å². The molecule has 0 saturated heterocycles. The van der Waals surface area contributed by atoms with E-state index >= 15 is 0 Å². The van der Waals surface area contributed by atoms with Gasteiger partial charge in [0.25, 0.3) is 5.97 Å². The summed E-state index contributed by atoms with van der Waals surface area (Å²) in [6, 6.07) is -2.21. The molecule has 128 valence electrons. The van der Waals surface area contributed by atoms with Gasteiger partial charge in [-0.25, -0.2) is 4.79 Å². The van der Waals surface area contributed by atoms with Gasteiger partial charge < -0.3 is 37.8 Å². The number of aliphatic imine (C=N–C) groups is 1. The van der Waals surface area contributed by atoms with E-state index in [0.717, 1.165) is 6.92 Å². The summed E-state index contributed by atoms with van der Waals surface area (Å²) in [4.78, 5) is 34.7. The van der Waals surface area contributed by atoms with Gasteiger partial charge in [0.05, 0.1) is 12.6 Å². The fraction of sp³-hybridized carbons (Fsp3) is 0.636. The average molecular weight is 321 g/mol. The van der Waals surface area contributed by atoms with Crippen molar-refractivity contribution in [1.82, 2.24) is 5.32 Å². The van der Waals surface area contributed by atoms with E-state index in [9.17, 15) is 9.59 Å². The normalized spacial score (nSPS) is 12.1. The summed E-state index contributed by atoms with van der Waals surface area (Å²) in [6.45, 7) is 0.730. The Bertz CT molecular complexity index is 392. The third-order valence-corrected chi connectivity index (χ3v) is 2.10. The topological polar surface area (TPSA) is 214 Å². The molecule has 2 atom stereocenters. The van der Waals surface area contributed by atoms with Crippen molar-refractivity contribution in [3.63, 3.8) is 0 Å². The lowest BCUT2D eigenvalue weighted by atomic mass is 10.1. The fourth-order valence-corrected chi connectivity index (χ4v) is 1.11. The molecular formula is C11H23N5O6. The zero-order valence-corrected chi connectivity index (χ0v) is 12.2. The van der Waals surface area contributed by atoms with Crippen molar-refractivity contribution in [2.75, 3.05) is 13.2 Å². The number of carboxylic acids is 2. The summed E-state index contributed by atoms with van der Waals surface area (Å²) in [5.41, 5.74) is 15.8. The zero-order valence-electron chi connectivity index (χ0n) is 12.2. The molecule has 0 fully saturated rings. The maximum Gasteiger partial charge on any atom is 0.328 e. The number of carbonyl (C=O) groups excluding carboxylic acids is 1. The van der Waals surface area contributed by atoms with Gasteiger partial charge in [-0.05, 0) is 12.8 Å². The van der Waals surface area contributed by atoms with Gasteiger partial charge in [-0.15, -0.1) is 0 Å². The van der Waals surface area contributed by atoms with Gasteiger partial charge in [0.2, 0.25) is 5.91 Å². The van der Waals surface area contributed by atoms with Crippen molar-refractivity contribution in [1.29, 1.82) is 0 Å². The summed E-state index contributed by atoms with van der Waals surface area (Å²) < 4.78 is 0. The standard InChI is InChI=1S/C9H19N5O4.C2H4O2/c10-5(2-1-3-13-9(11)12)7(16)14-6(4-15)8(17)18;1-2(3)4/h5-6,15H,1-4,10H2,(H,14,16)(H,17,18)(H4,11,12,13);1H3,(H,3,4)/t5-,6-;/m0./s1. The second-order valence-corrected chi connectivity index (χ2v) is 4.16. The predicted molar refractivity (Wildman–Crippen MR) is 77.8 cm³/mol. The number of nitrogens with one attached hydrogen (secondary N) is 1. The highest BCUT2D eigenvalue weighted by atomic mass is 16.4. The Morgan fingerprint density at radius 3 is 2.09 bits per heavy atom. The average Bonchev–Trinajstić information content (AvgIpc) is 2.39. The van der Waals surface area contributed by atoms with Crippen molar-refractivity contribution in [2.24, 2.45) is 22.2 Å². The van der Waals surface area contributed by atoms with Gasteiger partial charge in [-0.3, -0.25) is 14.6 Å². The molecule has 0 bridgehead atoms. The number of nitrogens with zero attached hydrogens (tertiary/aromatic N) is 1. The number of aliphatic hydroxyl groups excluding tert-OH is 1. The Kier molecular flexibility index (Phi) is 12.3. The van der Waals surface area contributed by atoms with E-state index in [-0.39, 0.29) is 5.96 Å². The number of carbonyl (C=O) groups is 3. The third kappa shape index (κ3) is 14.0. The molecule has 11 nitrogen and oxygen atoms in total. The van der Waals surface area contributed by atoms with Crippen LogP contribution in [0.4, 0.5) is 0 Å². The van der Waals surface area contributed by atoms with E-state index in [1.165, 1.54) is 0 Å². The van der Waals surface area contributed by atoms with Gasteiger partial charge in [-0.2, -0.15) is 0 Å². The minimum atomic E-state index is -1.35. The highest BCUT2D eigenvalue weighted by Crippen LogP contribution is 1.96. The minimum absolute atomic E-state index is 0.0424. The Morgan fingerprint density at radius 1 is 1.23 bits per heavy atom. The van der Waals surface area contributed by atoms with Crippen molar-refractivity contribution < 1.29 is 29.7 Å². The number of carboxylic acid groups (broad SMARTS) is 2. The van der Waals surface area contributed by atoms with E-state index in [2.05, 4.69) is 10.3 Å². The largest absolute Gasteiger partial charge is 0.481 e. The molecule has 0 aromatic heterocycles. The first-order valence-corrected chi connectivity index (χ1v) is 6.26. The first-order chi connectivity index (χ1) is 10.1. The smallest absolute Gasteiger partial charge is 0.328 e. The van der Waals surface area contributed by atoms with Crippen LogP contribution in [0.1, 0.15) is 19.8 Å². The summed E-state index contributed by atoms with van der Waals surface area (Å²) in [5.74, 6) is -2.83. The van der Waals surface area contributed by atoms with Crippen LogP contribution in [0.5, 0.6) is 0 Å². The van der Waals surface area contributed by atoms with Crippen LogP contribution < -0.4 is 22.5 Å². The zero-order chi connectivity index (χ0) is 17.7. The second kappa shape index (κ2) is 12.3. The van der Waals surface area contributed by atoms with Crippen molar-refractivity contribution >= 4 is 23.8 Å². The predicted octanol–water partition coefficient (Wildman–Crippen LogP) is -2.98. The first-order valence-electron chi connectivity index (χ1n) is 6.26. The fourth-order valence-electron chi connectivity index (χ4n) is 1.11. The first kappa shape index (κ1) is 21.9. The molecule has 0 spiro atoms. The van der Waals surface area contributed by atoms with Crippen LogP contribution in [0.25, 0.3) is 0 Å². The van der Waals surface area contributed by atoms with E-state index < -0.39 is 36.5 Å². The van der Waals surface area contributed by atoms with E-state index in [1.807, 2.05) is 0 Å². The van der Waals surface area contributed by atoms with E-state index in [0.29, 0.717) is 19.4 Å². The van der Waals surface area contributed by atoms with Crippen molar-refractivity contribution in [2.45, 2.75) is 31.8 Å². The molecule has 1 amide bonds. The summed E-state index contributed by atoms with van der Waals surface area (Å²) in [7, 11) is 0. The van der Waals surface area contributed by atoms with Crippen molar-refractivity contribution in [3.8, 4) is 0 Å². The molecular weight excluding hydrogens is 298 g/mol. The highest BCUT2D eigenvalue weighted by molar-refractivity contribution is 5.86. The Labute approximate surface area is 127 Å². The van der Waals surface area contributed by atoms with Crippen LogP contribution in [0.3, 0.4) is 0 Å².